The predicted octanol–water partition coefficient (Wildman–Crippen LogP) is 5.57. The third kappa shape index (κ3) is 7.05. The first kappa shape index (κ1) is 25.2. The summed E-state index contributed by atoms with van der Waals surface area (Å²) in [6.45, 7) is 2.49. The predicted molar refractivity (Wildman–Crippen MR) is 141 cm³/mol. The van der Waals surface area contributed by atoms with E-state index in [0.29, 0.717) is 34.8 Å². The average Bonchev–Trinajstić information content (AvgIpc) is 2.94. The molecule has 0 radical (unpaired) electrons. The van der Waals surface area contributed by atoms with E-state index < -0.39 is 5.97 Å². The minimum atomic E-state index is -0.487. The highest BCUT2D eigenvalue weighted by molar-refractivity contribution is 5.95. The zero-order valence-corrected chi connectivity index (χ0v) is 20.5. The number of nitrogens with one attached hydrogen (secondary N) is 1. The van der Waals surface area contributed by atoms with Crippen LogP contribution < -0.4 is 19.6 Å². The highest BCUT2D eigenvalue weighted by Crippen LogP contribution is 2.28. The number of ether oxygens (including phenoxy) is 3. The summed E-state index contributed by atoms with van der Waals surface area (Å²) >= 11 is 0. The minimum absolute atomic E-state index is 0.280. The van der Waals surface area contributed by atoms with Gasteiger partial charge < -0.3 is 14.2 Å². The zero-order chi connectivity index (χ0) is 26.0. The second-order valence-electron chi connectivity index (χ2n) is 8.16. The summed E-state index contributed by atoms with van der Waals surface area (Å²) in [5.41, 5.74) is 6.29. The zero-order valence-electron chi connectivity index (χ0n) is 20.5. The number of hydrogen-bond donors (Lipinski definition) is 1. The summed E-state index contributed by atoms with van der Waals surface area (Å²) < 4.78 is 16.6. The molecular formula is C30H26N2O5. The Morgan fingerprint density at radius 2 is 1.57 bits per heavy atom. The van der Waals surface area contributed by atoms with Gasteiger partial charge in [0.05, 0.1) is 18.9 Å². The van der Waals surface area contributed by atoms with Crippen LogP contribution in [0.15, 0.2) is 102 Å². The van der Waals surface area contributed by atoms with Crippen molar-refractivity contribution in [2.75, 3.05) is 7.11 Å². The van der Waals surface area contributed by atoms with E-state index in [1.807, 2.05) is 37.3 Å². The second-order valence-corrected chi connectivity index (χ2v) is 8.16. The number of carbonyl (C=O) groups is 2. The van der Waals surface area contributed by atoms with Gasteiger partial charge >= 0.3 is 5.97 Å². The largest absolute Gasteiger partial charge is 0.493 e. The Morgan fingerprint density at radius 1 is 0.838 bits per heavy atom. The summed E-state index contributed by atoms with van der Waals surface area (Å²) in [7, 11) is 1.48. The Morgan fingerprint density at radius 3 is 2.27 bits per heavy atom. The quantitative estimate of drug-likeness (QED) is 0.142. The van der Waals surface area contributed by atoms with E-state index >= 15 is 0 Å². The number of nitrogens with zero attached hydrogens (tertiary/aromatic N) is 1. The van der Waals surface area contributed by atoms with E-state index in [1.54, 1.807) is 66.7 Å². The lowest BCUT2D eigenvalue weighted by molar-refractivity contribution is 0.0729. The van der Waals surface area contributed by atoms with E-state index in [4.69, 9.17) is 14.2 Å². The molecule has 0 saturated carbocycles. The fourth-order valence-corrected chi connectivity index (χ4v) is 3.37. The first-order valence-corrected chi connectivity index (χ1v) is 11.6. The summed E-state index contributed by atoms with van der Waals surface area (Å²) in [6.07, 6.45) is 1.47. The van der Waals surface area contributed by atoms with Gasteiger partial charge in [0.25, 0.3) is 5.91 Å². The molecule has 1 N–H and O–H groups in total. The van der Waals surface area contributed by atoms with Crippen molar-refractivity contribution in [2.45, 2.75) is 13.5 Å². The molecule has 0 aliphatic rings. The number of amides is 1. The third-order valence-corrected chi connectivity index (χ3v) is 5.42. The lowest BCUT2D eigenvalue weighted by Gasteiger charge is -2.10. The van der Waals surface area contributed by atoms with Crippen LogP contribution in [-0.4, -0.2) is 25.2 Å². The fraction of sp³-hybridized carbons (Fsp3) is 0.100. The molecule has 1 amide bonds. The Kier molecular flexibility index (Phi) is 8.29. The molecule has 4 aromatic carbocycles. The number of esters is 1. The maximum atomic E-state index is 12.4. The van der Waals surface area contributed by atoms with E-state index in [9.17, 15) is 9.59 Å². The van der Waals surface area contributed by atoms with Crippen molar-refractivity contribution in [2.24, 2.45) is 5.10 Å². The molecule has 4 rings (SSSR count). The van der Waals surface area contributed by atoms with Crippen LogP contribution in [0.2, 0.25) is 0 Å². The molecule has 37 heavy (non-hydrogen) atoms. The molecule has 0 heterocycles. The van der Waals surface area contributed by atoms with Gasteiger partial charge in [0.2, 0.25) is 0 Å². The number of methoxy groups -OCH3 is 1. The molecule has 0 spiro atoms. The Bertz CT molecular complexity index is 1380. The van der Waals surface area contributed by atoms with Gasteiger partial charge in [-0.25, -0.2) is 10.2 Å². The van der Waals surface area contributed by atoms with Crippen molar-refractivity contribution in [1.29, 1.82) is 0 Å². The normalized spacial score (nSPS) is 10.6. The molecule has 0 aliphatic carbocycles. The second kappa shape index (κ2) is 12.2. The van der Waals surface area contributed by atoms with Crippen molar-refractivity contribution in [3.05, 3.63) is 125 Å². The van der Waals surface area contributed by atoms with Gasteiger partial charge in [0.15, 0.2) is 11.5 Å². The van der Waals surface area contributed by atoms with Gasteiger partial charge in [-0.1, -0.05) is 48.0 Å². The van der Waals surface area contributed by atoms with Crippen LogP contribution in [0.25, 0.3) is 0 Å². The first-order valence-electron chi connectivity index (χ1n) is 11.6. The number of aryl methyl sites for hydroxylation is 1. The lowest BCUT2D eigenvalue weighted by atomic mass is 10.2. The average molecular weight is 495 g/mol. The molecular weight excluding hydrogens is 468 g/mol. The molecule has 0 aliphatic heterocycles. The molecule has 7 nitrogen and oxygen atoms in total. The van der Waals surface area contributed by atoms with Crippen molar-refractivity contribution in [3.8, 4) is 17.2 Å². The molecule has 186 valence electrons. The van der Waals surface area contributed by atoms with E-state index in [-0.39, 0.29) is 11.7 Å². The topological polar surface area (TPSA) is 86.2 Å². The van der Waals surface area contributed by atoms with Crippen molar-refractivity contribution in [3.63, 3.8) is 0 Å². The Labute approximate surface area is 215 Å². The van der Waals surface area contributed by atoms with Gasteiger partial charge in [-0.15, -0.1) is 0 Å². The van der Waals surface area contributed by atoms with Crippen LogP contribution in [0.5, 0.6) is 17.2 Å². The van der Waals surface area contributed by atoms with Crippen LogP contribution >= 0.6 is 0 Å². The Hall–Kier alpha value is -4.91. The van der Waals surface area contributed by atoms with Gasteiger partial charge in [0, 0.05) is 5.56 Å². The SMILES string of the molecule is COc1cc(/C=N/NC(=O)c2ccc(OCc3ccc(C)cc3)cc2)ccc1OC(=O)c1ccccc1. The first-order chi connectivity index (χ1) is 18.0. The summed E-state index contributed by atoms with van der Waals surface area (Å²) in [5, 5.41) is 4.02. The van der Waals surface area contributed by atoms with Crippen LogP contribution in [-0.2, 0) is 6.61 Å². The maximum absolute atomic E-state index is 12.4. The van der Waals surface area contributed by atoms with Gasteiger partial charge in [-0.2, -0.15) is 5.10 Å². The van der Waals surface area contributed by atoms with E-state index in [0.717, 1.165) is 5.56 Å². The van der Waals surface area contributed by atoms with Crippen LogP contribution in [0.4, 0.5) is 0 Å². The molecule has 0 fully saturated rings. The van der Waals surface area contributed by atoms with Gasteiger partial charge in [-0.05, 0) is 72.6 Å². The van der Waals surface area contributed by atoms with Gasteiger partial charge in [-0.3, -0.25) is 4.79 Å². The Balaban J connectivity index is 1.31. The standard InChI is InChI=1S/C30H26N2O5/c1-21-8-10-22(11-9-21)20-36-26-15-13-24(14-16-26)29(33)32-31-19-23-12-17-27(28(18-23)35-2)37-30(34)25-6-4-3-5-7-25/h3-19H,20H2,1-2H3,(H,32,33)/b31-19+. The minimum Gasteiger partial charge on any atom is -0.493 e. The van der Waals surface area contributed by atoms with Crippen LogP contribution in [0, 0.1) is 6.92 Å². The summed E-state index contributed by atoms with van der Waals surface area (Å²) in [4.78, 5) is 24.8. The molecule has 0 aromatic heterocycles. The molecule has 7 heteroatoms. The maximum Gasteiger partial charge on any atom is 0.343 e. The van der Waals surface area contributed by atoms with E-state index in [2.05, 4.69) is 10.5 Å². The number of rotatable bonds is 9. The molecule has 0 atom stereocenters. The number of hydrazone groups is 1. The highest BCUT2D eigenvalue weighted by atomic mass is 16.6. The van der Waals surface area contributed by atoms with E-state index in [1.165, 1.54) is 18.9 Å². The van der Waals surface area contributed by atoms with Crippen molar-refractivity contribution in [1.82, 2.24) is 5.43 Å². The molecule has 0 bridgehead atoms. The van der Waals surface area contributed by atoms with Crippen LogP contribution in [0.3, 0.4) is 0 Å². The molecule has 0 unspecified atom stereocenters. The van der Waals surface area contributed by atoms with Crippen LogP contribution in [0.1, 0.15) is 37.4 Å². The fourth-order valence-electron chi connectivity index (χ4n) is 3.37. The number of benzene rings is 4. The monoisotopic (exact) mass is 494 g/mol. The number of carbonyl (C=O) groups excluding carboxylic acids is 2. The third-order valence-electron chi connectivity index (χ3n) is 5.42. The number of hydrogen-bond acceptors (Lipinski definition) is 6. The molecule has 4 aromatic rings. The van der Waals surface area contributed by atoms with Crippen molar-refractivity contribution < 1.29 is 23.8 Å². The lowest BCUT2D eigenvalue weighted by Crippen LogP contribution is -2.17. The summed E-state index contributed by atoms with van der Waals surface area (Å²) in [5.74, 6) is 0.463. The smallest absolute Gasteiger partial charge is 0.343 e. The molecule has 0 saturated heterocycles. The highest BCUT2D eigenvalue weighted by Gasteiger charge is 2.12. The van der Waals surface area contributed by atoms with Gasteiger partial charge in [0.1, 0.15) is 12.4 Å². The summed E-state index contributed by atoms with van der Waals surface area (Å²) in [6, 6.07) is 28.6. The van der Waals surface area contributed by atoms with Crippen molar-refractivity contribution >= 4 is 18.1 Å².